The smallest absolute Gasteiger partial charge is 0.0400 e. The predicted octanol–water partition coefficient (Wildman–Crippen LogP) is 2.69. The van der Waals surface area contributed by atoms with E-state index in [1.807, 2.05) is 30.3 Å². The first-order chi connectivity index (χ1) is 6.95. The van der Waals surface area contributed by atoms with Gasteiger partial charge in [-0.05, 0) is 17.7 Å². The van der Waals surface area contributed by atoms with Gasteiger partial charge in [-0.15, -0.1) is 0 Å². The summed E-state index contributed by atoms with van der Waals surface area (Å²) >= 11 is 0. The number of pyridine rings is 1. The van der Waals surface area contributed by atoms with Gasteiger partial charge in [0.05, 0.1) is 0 Å². The van der Waals surface area contributed by atoms with Crippen molar-refractivity contribution in [3.05, 3.63) is 60.4 Å². The molecule has 2 nitrogen and oxygen atoms in total. The average molecular weight is 184 g/mol. The van der Waals surface area contributed by atoms with Crippen molar-refractivity contribution >= 4 is 5.69 Å². The molecule has 1 aromatic heterocycles. The number of anilines is 1. The molecule has 0 bridgehead atoms. The van der Waals surface area contributed by atoms with E-state index in [4.69, 9.17) is 0 Å². The van der Waals surface area contributed by atoms with Gasteiger partial charge < -0.3 is 5.32 Å². The summed E-state index contributed by atoms with van der Waals surface area (Å²) in [4.78, 5) is 3.96. The van der Waals surface area contributed by atoms with Gasteiger partial charge in [0.1, 0.15) is 0 Å². The van der Waals surface area contributed by atoms with Crippen LogP contribution in [0.25, 0.3) is 0 Å². The fraction of sp³-hybridized carbons (Fsp3) is 0.0833. The highest BCUT2D eigenvalue weighted by molar-refractivity contribution is 5.41. The molecule has 1 aromatic carbocycles. The highest BCUT2D eigenvalue weighted by atomic mass is 14.9. The monoisotopic (exact) mass is 184 g/mol. The Kier molecular flexibility index (Phi) is 2.76. The Bertz CT molecular complexity index is 331. The first kappa shape index (κ1) is 8.75. The largest absolute Gasteiger partial charge is 0.381 e. The Hall–Kier alpha value is -1.83. The summed E-state index contributed by atoms with van der Waals surface area (Å²) < 4.78 is 0. The summed E-state index contributed by atoms with van der Waals surface area (Å²) in [5, 5.41) is 3.32. The summed E-state index contributed by atoms with van der Waals surface area (Å²) in [5.41, 5.74) is 2.38. The minimum atomic E-state index is 0.852. The Labute approximate surface area is 83.6 Å². The van der Waals surface area contributed by atoms with Gasteiger partial charge in [-0.2, -0.15) is 0 Å². The van der Waals surface area contributed by atoms with Gasteiger partial charge in [0, 0.05) is 24.6 Å². The van der Waals surface area contributed by atoms with Crippen molar-refractivity contribution in [2.24, 2.45) is 0 Å². The van der Waals surface area contributed by atoms with Crippen LogP contribution >= 0.6 is 0 Å². The van der Waals surface area contributed by atoms with Crippen molar-refractivity contribution in [1.29, 1.82) is 0 Å². The standard InChI is InChI=1S/C12H12N2/c1-2-4-11(5-3-1)10-14-12-6-8-13-9-7-12/h1-9H,10H2,(H,13,14). The van der Waals surface area contributed by atoms with Gasteiger partial charge in [-0.25, -0.2) is 0 Å². The quantitative estimate of drug-likeness (QED) is 0.793. The second-order valence-electron chi connectivity index (χ2n) is 3.08. The molecule has 14 heavy (non-hydrogen) atoms. The lowest BCUT2D eigenvalue weighted by molar-refractivity contribution is 1.14. The Morgan fingerprint density at radius 3 is 2.36 bits per heavy atom. The van der Waals surface area contributed by atoms with E-state index in [1.54, 1.807) is 12.4 Å². The van der Waals surface area contributed by atoms with Crippen molar-refractivity contribution in [3.8, 4) is 0 Å². The number of hydrogen-bond donors (Lipinski definition) is 1. The maximum Gasteiger partial charge on any atom is 0.0400 e. The van der Waals surface area contributed by atoms with E-state index in [2.05, 4.69) is 22.4 Å². The fourth-order valence-electron chi connectivity index (χ4n) is 1.27. The van der Waals surface area contributed by atoms with Crippen molar-refractivity contribution in [1.82, 2.24) is 4.98 Å². The summed E-state index contributed by atoms with van der Waals surface area (Å²) in [7, 11) is 0. The Morgan fingerprint density at radius 1 is 0.929 bits per heavy atom. The summed E-state index contributed by atoms with van der Waals surface area (Å²) in [6.45, 7) is 0.852. The van der Waals surface area contributed by atoms with Crippen LogP contribution in [0.15, 0.2) is 54.9 Å². The molecule has 0 radical (unpaired) electrons. The third-order valence-electron chi connectivity index (χ3n) is 2.02. The van der Waals surface area contributed by atoms with Crippen LogP contribution in [0.5, 0.6) is 0 Å². The van der Waals surface area contributed by atoms with Gasteiger partial charge in [0.25, 0.3) is 0 Å². The Balaban J connectivity index is 1.96. The zero-order valence-corrected chi connectivity index (χ0v) is 7.85. The van der Waals surface area contributed by atoms with Crippen LogP contribution in [0, 0.1) is 0 Å². The topological polar surface area (TPSA) is 24.9 Å². The summed E-state index contributed by atoms with van der Waals surface area (Å²) in [6.07, 6.45) is 3.57. The van der Waals surface area contributed by atoms with E-state index in [0.29, 0.717) is 0 Å². The van der Waals surface area contributed by atoms with Crippen molar-refractivity contribution < 1.29 is 0 Å². The lowest BCUT2D eigenvalue weighted by Gasteiger charge is -2.05. The Morgan fingerprint density at radius 2 is 1.64 bits per heavy atom. The van der Waals surface area contributed by atoms with Crippen molar-refractivity contribution in [2.45, 2.75) is 6.54 Å². The molecule has 0 unspecified atom stereocenters. The average Bonchev–Trinajstić information content (AvgIpc) is 2.29. The number of nitrogens with one attached hydrogen (secondary N) is 1. The highest BCUT2D eigenvalue weighted by Crippen LogP contribution is 2.06. The molecule has 0 aliphatic rings. The third kappa shape index (κ3) is 2.33. The lowest BCUT2D eigenvalue weighted by Crippen LogP contribution is -1.98. The molecule has 0 fully saturated rings. The zero-order chi connectivity index (χ0) is 9.64. The zero-order valence-electron chi connectivity index (χ0n) is 7.85. The highest BCUT2D eigenvalue weighted by Gasteiger charge is 1.91. The van der Waals surface area contributed by atoms with E-state index < -0.39 is 0 Å². The van der Waals surface area contributed by atoms with E-state index in [9.17, 15) is 0 Å². The molecule has 0 amide bonds. The predicted molar refractivity (Wildman–Crippen MR) is 58.0 cm³/mol. The molecule has 0 aliphatic heterocycles. The van der Waals surface area contributed by atoms with Crippen LogP contribution in [-0.4, -0.2) is 4.98 Å². The number of benzene rings is 1. The van der Waals surface area contributed by atoms with Gasteiger partial charge >= 0.3 is 0 Å². The molecule has 2 rings (SSSR count). The van der Waals surface area contributed by atoms with Crippen LogP contribution in [0.2, 0.25) is 0 Å². The minimum absolute atomic E-state index is 0.852. The molecule has 0 saturated heterocycles. The molecule has 0 saturated carbocycles. The first-order valence-electron chi connectivity index (χ1n) is 4.63. The van der Waals surface area contributed by atoms with Crippen molar-refractivity contribution in [3.63, 3.8) is 0 Å². The van der Waals surface area contributed by atoms with E-state index in [-0.39, 0.29) is 0 Å². The second kappa shape index (κ2) is 4.42. The van der Waals surface area contributed by atoms with Crippen LogP contribution < -0.4 is 5.32 Å². The van der Waals surface area contributed by atoms with E-state index in [0.717, 1.165) is 12.2 Å². The van der Waals surface area contributed by atoms with Gasteiger partial charge in [0.2, 0.25) is 0 Å². The van der Waals surface area contributed by atoms with Crippen LogP contribution in [0.1, 0.15) is 5.56 Å². The van der Waals surface area contributed by atoms with Gasteiger partial charge in [-0.1, -0.05) is 30.3 Å². The molecule has 1 N–H and O–H groups in total. The SMILES string of the molecule is c1ccc(CNc2ccncc2)cc1. The number of rotatable bonds is 3. The molecular weight excluding hydrogens is 172 g/mol. The van der Waals surface area contributed by atoms with Crippen LogP contribution in [0.3, 0.4) is 0 Å². The maximum absolute atomic E-state index is 3.96. The molecule has 0 spiro atoms. The summed E-state index contributed by atoms with van der Waals surface area (Å²) in [6, 6.07) is 14.2. The number of aromatic nitrogens is 1. The molecular formula is C12H12N2. The second-order valence-corrected chi connectivity index (χ2v) is 3.08. The van der Waals surface area contributed by atoms with Gasteiger partial charge in [-0.3, -0.25) is 4.98 Å². The normalized spacial score (nSPS) is 9.71. The molecule has 2 aromatic rings. The first-order valence-corrected chi connectivity index (χ1v) is 4.63. The molecule has 0 aliphatic carbocycles. The number of hydrogen-bond acceptors (Lipinski definition) is 2. The number of nitrogens with zero attached hydrogens (tertiary/aromatic N) is 1. The molecule has 0 atom stereocenters. The van der Waals surface area contributed by atoms with E-state index >= 15 is 0 Å². The van der Waals surface area contributed by atoms with Crippen LogP contribution in [-0.2, 0) is 6.54 Å². The molecule has 70 valence electrons. The van der Waals surface area contributed by atoms with E-state index in [1.165, 1.54) is 5.56 Å². The maximum atomic E-state index is 3.96. The minimum Gasteiger partial charge on any atom is -0.381 e. The molecule has 2 heteroatoms. The van der Waals surface area contributed by atoms with Gasteiger partial charge in [0.15, 0.2) is 0 Å². The molecule has 1 heterocycles. The van der Waals surface area contributed by atoms with Crippen molar-refractivity contribution in [2.75, 3.05) is 5.32 Å². The van der Waals surface area contributed by atoms with Crippen LogP contribution in [0.4, 0.5) is 5.69 Å². The third-order valence-corrected chi connectivity index (χ3v) is 2.02. The lowest BCUT2D eigenvalue weighted by atomic mass is 10.2. The fourth-order valence-corrected chi connectivity index (χ4v) is 1.27. The summed E-state index contributed by atoms with van der Waals surface area (Å²) in [5.74, 6) is 0.